The quantitative estimate of drug-likeness (QED) is 0.301. The Morgan fingerprint density at radius 2 is 1.70 bits per heavy atom. The predicted molar refractivity (Wildman–Crippen MR) is 116 cm³/mol. The van der Waals surface area contributed by atoms with Gasteiger partial charge in [0.25, 0.3) is 0 Å². The van der Waals surface area contributed by atoms with Crippen molar-refractivity contribution in [2.24, 2.45) is 10.7 Å². The molecule has 7 nitrogen and oxygen atoms in total. The number of guanidine groups is 1. The first-order valence-corrected chi connectivity index (χ1v) is 8.14. The van der Waals surface area contributed by atoms with Crippen LogP contribution in [0.5, 0.6) is 17.2 Å². The fourth-order valence-electron chi connectivity index (χ4n) is 2.36. The molecule has 0 saturated carbocycles. The minimum absolute atomic E-state index is 0. The number of aliphatic hydroxyl groups excluding tert-OH is 1. The second-order valence-corrected chi connectivity index (χ2v) is 5.56. The largest absolute Gasteiger partial charge is 0.497 e. The molecule has 1 unspecified atom stereocenters. The minimum atomic E-state index is -0.698. The number of nitrogens with zero attached hydrogens (tertiary/aromatic N) is 1. The van der Waals surface area contributed by atoms with Gasteiger partial charge in [-0.15, -0.1) is 24.0 Å². The summed E-state index contributed by atoms with van der Waals surface area (Å²) in [7, 11) is 4.77. The first-order valence-electron chi connectivity index (χ1n) is 8.14. The van der Waals surface area contributed by atoms with Crippen LogP contribution in [0.1, 0.15) is 17.2 Å². The van der Waals surface area contributed by atoms with Crippen molar-refractivity contribution in [1.82, 2.24) is 5.32 Å². The number of aliphatic hydroxyl groups is 1. The fraction of sp³-hybridized carbons (Fsp3) is 0.316. The second-order valence-electron chi connectivity index (χ2n) is 5.56. The highest BCUT2D eigenvalue weighted by Gasteiger charge is 2.08. The molecule has 4 N–H and O–H groups in total. The number of benzene rings is 2. The van der Waals surface area contributed by atoms with Crippen LogP contribution in [-0.2, 0) is 6.54 Å². The monoisotopic (exact) mass is 487 g/mol. The van der Waals surface area contributed by atoms with E-state index < -0.39 is 6.10 Å². The fourth-order valence-corrected chi connectivity index (χ4v) is 2.36. The third-order valence-corrected chi connectivity index (χ3v) is 3.86. The van der Waals surface area contributed by atoms with Crippen molar-refractivity contribution < 1.29 is 19.3 Å². The number of halogens is 1. The van der Waals surface area contributed by atoms with Gasteiger partial charge < -0.3 is 30.4 Å². The summed E-state index contributed by atoms with van der Waals surface area (Å²) in [5, 5.41) is 13.1. The lowest BCUT2D eigenvalue weighted by Crippen LogP contribution is -2.34. The van der Waals surface area contributed by atoms with Gasteiger partial charge >= 0.3 is 0 Å². The zero-order valence-electron chi connectivity index (χ0n) is 15.6. The van der Waals surface area contributed by atoms with Crippen molar-refractivity contribution in [2.45, 2.75) is 12.6 Å². The molecule has 0 aliphatic heterocycles. The predicted octanol–water partition coefficient (Wildman–Crippen LogP) is 2.47. The van der Waals surface area contributed by atoms with Crippen molar-refractivity contribution in [1.29, 1.82) is 0 Å². The van der Waals surface area contributed by atoms with Gasteiger partial charge in [-0.2, -0.15) is 0 Å². The van der Waals surface area contributed by atoms with E-state index in [1.54, 1.807) is 33.5 Å². The summed E-state index contributed by atoms with van der Waals surface area (Å²) in [4.78, 5) is 4.27. The first kappa shape index (κ1) is 22.8. The molecule has 1 atom stereocenters. The van der Waals surface area contributed by atoms with Crippen LogP contribution in [0, 0.1) is 0 Å². The Hall–Kier alpha value is -2.20. The summed E-state index contributed by atoms with van der Waals surface area (Å²) in [5.41, 5.74) is 7.57. The van der Waals surface area contributed by atoms with Crippen LogP contribution in [0.3, 0.4) is 0 Å². The Labute approximate surface area is 176 Å². The number of rotatable bonds is 8. The zero-order valence-corrected chi connectivity index (χ0v) is 18.0. The van der Waals surface area contributed by atoms with Crippen LogP contribution in [0.2, 0.25) is 0 Å². The van der Waals surface area contributed by atoms with E-state index in [0.717, 1.165) is 16.9 Å². The first-order chi connectivity index (χ1) is 12.6. The molecule has 27 heavy (non-hydrogen) atoms. The molecule has 2 aromatic rings. The van der Waals surface area contributed by atoms with Gasteiger partial charge in [-0.1, -0.05) is 18.2 Å². The number of ether oxygens (including phenoxy) is 3. The molecule has 0 bridgehead atoms. The van der Waals surface area contributed by atoms with E-state index in [2.05, 4.69) is 10.3 Å². The number of aliphatic imine (C=N–C) groups is 1. The molecule has 2 aromatic carbocycles. The highest BCUT2D eigenvalue weighted by Crippen LogP contribution is 2.27. The third kappa shape index (κ3) is 6.79. The van der Waals surface area contributed by atoms with Crippen molar-refractivity contribution in [3.63, 3.8) is 0 Å². The molecular formula is C19H26IN3O4. The molecule has 0 aromatic heterocycles. The highest BCUT2D eigenvalue weighted by molar-refractivity contribution is 14.0. The van der Waals surface area contributed by atoms with Gasteiger partial charge in [0.15, 0.2) is 17.5 Å². The number of nitrogens with one attached hydrogen (secondary N) is 1. The van der Waals surface area contributed by atoms with E-state index in [4.69, 9.17) is 19.9 Å². The van der Waals surface area contributed by atoms with E-state index in [0.29, 0.717) is 18.0 Å². The number of hydrogen-bond acceptors (Lipinski definition) is 5. The Balaban J connectivity index is 0.00000364. The lowest BCUT2D eigenvalue weighted by atomic mass is 10.1. The van der Waals surface area contributed by atoms with Gasteiger partial charge in [-0.25, -0.2) is 4.99 Å². The van der Waals surface area contributed by atoms with Gasteiger partial charge in [0.2, 0.25) is 0 Å². The van der Waals surface area contributed by atoms with E-state index in [1.807, 2.05) is 30.3 Å². The Morgan fingerprint density at radius 1 is 1.04 bits per heavy atom. The molecule has 0 amide bonds. The minimum Gasteiger partial charge on any atom is -0.497 e. The maximum atomic E-state index is 10.2. The maximum absolute atomic E-state index is 10.2. The van der Waals surface area contributed by atoms with Crippen LogP contribution >= 0.6 is 24.0 Å². The summed E-state index contributed by atoms with van der Waals surface area (Å²) in [6, 6.07) is 12.8. The Bertz CT molecular complexity index is 738. The molecule has 2 rings (SSSR count). The van der Waals surface area contributed by atoms with E-state index in [1.165, 1.54) is 0 Å². The standard InChI is InChI=1S/C19H25N3O4.HI/c1-24-15-7-5-14(6-8-15)16(23)12-22-19(20)21-11-13-4-9-17(25-2)18(10-13)26-3;/h4-10,16,23H,11-12H2,1-3H3,(H3,20,21,22);1H. The van der Waals surface area contributed by atoms with E-state index in [-0.39, 0.29) is 36.5 Å². The van der Waals surface area contributed by atoms with Crippen molar-refractivity contribution >= 4 is 29.9 Å². The Kier molecular flexibility index (Phi) is 9.73. The lowest BCUT2D eigenvalue weighted by Gasteiger charge is -2.13. The average Bonchev–Trinajstić information content (AvgIpc) is 2.70. The van der Waals surface area contributed by atoms with Gasteiger partial charge in [-0.3, -0.25) is 0 Å². The van der Waals surface area contributed by atoms with Crippen molar-refractivity contribution in [2.75, 3.05) is 27.9 Å². The molecule has 0 heterocycles. The summed E-state index contributed by atoms with van der Waals surface area (Å²) >= 11 is 0. The number of hydrogen-bond donors (Lipinski definition) is 3. The molecule has 148 valence electrons. The second kappa shape index (κ2) is 11.5. The maximum Gasteiger partial charge on any atom is 0.189 e. The van der Waals surface area contributed by atoms with Gasteiger partial charge in [0.05, 0.1) is 34.0 Å². The van der Waals surface area contributed by atoms with E-state index in [9.17, 15) is 5.11 Å². The molecule has 0 radical (unpaired) electrons. The zero-order chi connectivity index (χ0) is 18.9. The third-order valence-electron chi connectivity index (χ3n) is 3.86. The summed E-state index contributed by atoms with van der Waals surface area (Å²) in [6.45, 7) is 0.644. The van der Waals surface area contributed by atoms with E-state index >= 15 is 0 Å². The normalized spacial score (nSPS) is 11.9. The smallest absolute Gasteiger partial charge is 0.189 e. The molecular weight excluding hydrogens is 461 g/mol. The molecule has 0 aliphatic rings. The highest BCUT2D eigenvalue weighted by atomic mass is 127. The van der Waals surface area contributed by atoms with Gasteiger partial charge in [0.1, 0.15) is 5.75 Å². The van der Waals surface area contributed by atoms with Crippen LogP contribution in [0.25, 0.3) is 0 Å². The van der Waals surface area contributed by atoms with Crippen LogP contribution in [0.4, 0.5) is 0 Å². The average molecular weight is 487 g/mol. The summed E-state index contributed by atoms with van der Waals surface area (Å²) in [6.07, 6.45) is -0.698. The number of methoxy groups -OCH3 is 3. The molecule has 0 aliphatic carbocycles. The van der Waals surface area contributed by atoms with Crippen molar-refractivity contribution in [3.05, 3.63) is 53.6 Å². The molecule has 0 fully saturated rings. The lowest BCUT2D eigenvalue weighted by molar-refractivity contribution is 0.181. The molecule has 8 heteroatoms. The van der Waals surface area contributed by atoms with Crippen LogP contribution in [-0.4, -0.2) is 38.9 Å². The topological polar surface area (TPSA) is 98.3 Å². The van der Waals surface area contributed by atoms with Gasteiger partial charge in [-0.05, 0) is 35.4 Å². The molecule has 0 spiro atoms. The van der Waals surface area contributed by atoms with Crippen LogP contribution < -0.4 is 25.3 Å². The van der Waals surface area contributed by atoms with Gasteiger partial charge in [0, 0.05) is 6.54 Å². The summed E-state index contributed by atoms with van der Waals surface area (Å²) < 4.78 is 15.6. The van der Waals surface area contributed by atoms with Crippen molar-refractivity contribution in [3.8, 4) is 17.2 Å². The molecule has 0 saturated heterocycles. The number of nitrogens with two attached hydrogens (primary N) is 1. The Morgan fingerprint density at radius 3 is 2.30 bits per heavy atom. The summed E-state index contributed by atoms with van der Waals surface area (Å²) in [5.74, 6) is 2.30. The van der Waals surface area contributed by atoms with Crippen LogP contribution in [0.15, 0.2) is 47.5 Å². The SMILES string of the molecule is COc1ccc(C(O)CNC(N)=NCc2ccc(OC)c(OC)c2)cc1.I.